The van der Waals surface area contributed by atoms with E-state index >= 15 is 0 Å². The summed E-state index contributed by atoms with van der Waals surface area (Å²) < 4.78 is 0. The van der Waals surface area contributed by atoms with E-state index in [-0.39, 0.29) is 37.7 Å². The van der Waals surface area contributed by atoms with Crippen molar-refractivity contribution >= 4 is 0 Å². The van der Waals surface area contributed by atoms with E-state index in [2.05, 4.69) is 9.97 Å². The Hall–Kier alpha value is 0.340. The van der Waals surface area contributed by atoms with Crippen molar-refractivity contribution in [2.45, 2.75) is 0 Å². The van der Waals surface area contributed by atoms with Crippen molar-refractivity contribution in [3.05, 3.63) is 24.8 Å². The molecule has 0 aromatic carbocycles. The van der Waals surface area contributed by atoms with Crippen LogP contribution in [0.2, 0.25) is 0 Å². The Morgan fingerprint density at radius 1 is 0.714 bits per heavy atom. The van der Waals surface area contributed by atoms with E-state index < -0.39 is 0 Å². The van der Waals surface area contributed by atoms with Gasteiger partial charge in [-0.05, 0) is 0 Å². The van der Waals surface area contributed by atoms with E-state index in [4.69, 9.17) is 0 Å². The first-order valence-electron chi connectivity index (χ1n) is 1.70. The van der Waals surface area contributed by atoms with Crippen LogP contribution in [0.5, 0.6) is 0 Å². The van der Waals surface area contributed by atoms with Crippen LogP contribution in [-0.2, 0) is 0 Å². The summed E-state index contributed by atoms with van der Waals surface area (Å²) in [6.45, 7) is 0. The number of hydrogen-bond donors (Lipinski definition) is 0. The van der Waals surface area contributed by atoms with Gasteiger partial charge in [-0.1, -0.05) is 0 Å². The monoisotopic (exact) mass is 120 g/mol. The molecule has 0 aliphatic heterocycles. The third kappa shape index (κ3) is 2.97. The molecule has 0 fully saturated rings. The fourth-order valence-corrected chi connectivity index (χ4v) is 0.253. The van der Waals surface area contributed by atoms with E-state index in [0.29, 0.717) is 0 Å². The van der Waals surface area contributed by atoms with Gasteiger partial charge in [-0.2, -0.15) is 0 Å². The molecule has 0 aliphatic rings. The maximum atomic E-state index is 3.72. The smallest absolute Gasteiger partial charge is 0.0451 e. The Morgan fingerprint density at radius 3 is 1.14 bits per heavy atom. The van der Waals surface area contributed by atoms with Crippen molar-refractivity contribution in [3.8, 4) is 0 Å². The minimum absolute atomic E-state index is 0. The molecule has 3 heteroatoms. The van der Waals surface area contributed by atoms with Crippen LogP contribution >= 0.6 is 0 Å². The number of hydrogen-bond acceptors (Lipinski definition) is 2. The summed E-state index contributed by atoms with van der Waals surface area (Å²) in [6.07, 6.45) is 6.56. The zero-order valence-corrected chi connectivity index (χ0v) is 4.26. The van der Waals surface area contributed by atoms with Crippen LogP contribution in [-0.4, -0.2) is 9.97 Å². The summed E-state index contributed by atoms with van der Waals surface area (Å²) in [6, 6.07) is 0. The second-order valence-electron chi connectivity index (χ2n) is 0.894. The molecule has 7 heavy (non-hydrogen) atoms. The van der Waals surface area contributed by atoms with E-state index in [0.717, 1.165) is 0 Å². The molecule has 1 aromatic rings. The summed E-state index contributed by atoms with van der Waals surface area (Å²) in [7, 11) is 0. The SMILES string of the molecule is [Ar].c1cnccn1. The molecule has 0 N–H and O–H groups in total. The molecule has 1 rings (SSSR count). The third-order valence-corrected chi connectivity index (χ3v) is 0.478. The Bertz CT molecular complexity index is 81.6. The second kappa shape index (κ2) is 4.50. The fourth-order valence-electron chi connectivity index (χ4n) is 0.253. The van der Waals surface area contributed by atoms with Crippen LogP contribution in [0, 0.1) is 37.7 Å². The molecule has 1 heterocycles. The van der Waals surface area contributed by atoms with Gasteiger partial charge in [0.25, 0.3) is 0 Å². The van der Waals surface area contributed by atoms with Crippen LogP contribution in [0.25, 0.3) is 0 Å². The normalized spacial score (nSPS) is 6.86. The number of nitrogens with zero attached hydrogens (tertiary/aromatic N) is 2. The molecule has 0 atom stereocenters. The summed E-state index contributed by atoms with van der Waals surface area (Å²) in [4.78, 5) is 7.44. The second-order valence-corrected chi connectivity index (χ2v) is 0.894. The molecule has 1 aromatic heterocycles. The van der Waals surface area contributed by atoms with Crippen LogP contribution in [0.4, 0.5) is 0 Å². The van der Waals surface area contributed by atoms with Crippen molar-refractivity contribution in [3.63, 3.8) is 0 Å². The Balaban J connectivity index is 0.000000360. The standard InChI is InChI=1S/C4H4N2.Ar/c1-2-6-4-3-5-1;/h1-4H;. The molecular formula is C4H4ArN2. The molecule has 0 unspecified atom stereocenters. The van der Waals surface area contributed by atoms with Crippen molar-refractivity contribution in [2.75, 3.05) is 0 Å². The maximum Gasteiger partial charge on any atom is 0.0451 e. The third-order valence-electron chi connectivity index (χ3n) is 0.478. The van der Waals surface area contributed by atoms with Crippen molar-refractivity contribution in [2.24, 2.45) is 0 Å². The summed E-state index contributed by atoms with van der Waals surface area (Å²) in [5, 5.41) is 0. The Morgan fingerprint density at radius 2 is 1.00 bits per heavy atom. The quantitative estimate of drug-likeness (QED) is 0.497. The molecule has 0 radical (unpaired) electrons. The molecule has 0 saturated carbocycles. The number of rotatable bonds is 0. The number of aromatic nitrogens is 2. The van der Waals surface area contributed by atoms with Crippen molar-refractivity contribution in [1.82, 2.24) is 9.97 Å². The molecule has 38 valence electrons. The van der Waals surface area contributed by atoms with Crippen molar-refractivity contribution in [1.29, 1.82) is 0 Å². The summed E-state index contributed by atoms with van der Waals surface area (Å²) >= 11 is 0. The molecule has 0 aliphatic carbocycles. The van der Waals surface area contributed by atoms with Crippen LogP contribution in [0.15, 0.2) is 24.8 Å². The maximum absolute atomic E-state index is 3.72. The van der Waals surface area contributed by atoms with Gasteiger partial charge in [0, 0.05) is 62.5 Å². The zero-order chi connectivity index (χ0) is 4.24. The molecule has 0 bridgehead atoms. The van der Waals surface area contributed by atoms with E-state index in [1.165, 1.54) is 0 Å². The van der Waals surface area contributed by atoms with Gasteiger partial charge in [-0.15, -0.1) is 0 Å². The van der Waals surface area contributed by atoms with Gasteiger partial charge in [0.1, 0.15) is 0 Å². The first-order chi connectivity index (χ1) is 3.00. The largest absolute Gasteiger partial charge is 0.262 e. The topological polar surface area (TPSA) is 25.8 Å². The first-order valence-corrected chi connectivity index (χ1v) is 1.70. The van der Waals surface area contributed by atoms with Gasteiger partial charge in [0.15, 0.2) is 0 Å². The average Bonchev–Trinajstić information content (AvgIpc) is 1.72. The van der Waals surface area contributed by atoms with Gasteiger partial charge in [0.05, 0.1) is 0 Å². The van der Waals surface area contributed by atoms with Crippen LogP contribution in [0.3, 0.4) is 0 Å². The first kappa shape index (κ1) is 7.34. The average molecular weight is 120 g/mol. The molecule has 0 saturated heterocycles. The molecule has 0 amide bonds. The van der Waals surface area contributed by atoms with E-state index in [1.807, 2.05) is 0 Å². The summed E-state index contributed by atoms with van der Waals surface area (Å²) in [5.41, 5.74) is 0. The van der Waals surface area contributed by atoms with Gasteiger partial charge in [-0.25, -0.2) is 0 Å². The van der Waals surface area contributed by atoms with Crippen molar-refractivity contribution < 1.29 is 37.7 Å². The van der Waals surface area contributed by atoms with E-state index in [9.17, 15) is 0 Å². The van der Waals surface area contributed by atoms with Crippen LogP contribution < -0.4 is 0 Å². The van der Waals surface area contributed by atoms with Crippen LogP contribution in [0.1, 0.15) is 0 Å². The molecule has 0 spiro atoms. The minimum atomic E-state index is 0. The predicted molar refractivity (Wildman–Crippen MR) is 22.0 cm³/mol. The molecule has 2 nitrogen and oxygen atoms in total. The Kier molecular flexibility index (Phi) is 4.72. The predicted octanol–water partition coefficient (Wildman–Crippen LogP) is 0.477. The van der Waals surface area contributed by atoms with E-state index in [1.54, 1.807) is 24.8 Å². The van der Waals surface area contributed by atoms with Gasteiger partial charge < -0.3 is 0 Å². The van der Waals surface area contributed by atoms with Gasteiger partial charge in [0.2, 0.25) is 0 Å². The minimum Gasteiger partial charge on any atom is -0.262 e. The van der Waals surface area contributed by atoms with Gasteiger partial charge >= 0.3 is 0 Å². The zero-order valence-electron chi connectivity index (χ0n) is 3.56. The fraction of sp³-hybridized carbons (Fsp3) is 0. The Labute approximate surface area is 72.0 Å². The van der Waals surface area contributed by atoms with Gasteiger partial charge in [-0.3, -0.25) is 9.97 Å². The molecular weight excluding hydrogens is 116 g/mol. The summed E-state index contributed by atoms with van der Waals surface area (Å²) in [5.74, 6) is 0.